The van der Waals surface area contributed by atoms with E-state index in [0.717, 1.165) is 24.4 Å². The normalized spacial score (nSPS) is 10.0. The maximum Gasteiger partial charge on any atom is 0.151 e. The van der Waals surface area contributed by atoms with Crippen LogP contribution in [0.2, 0.25) is 0 Å². The fourth-order valence-corrected chi connectivity index (χ4v) is 1.37. The number of aromatic nitrogens is 2. The van der Waals surface area contributed by atoms with Crippen LogP contribution >= 0.6 is 11.8 Å². The number of rotatable bonds is 4. The van der Waals surface area contributed by atoms with Crippen molar-refractivity contribution < 1.29 is 0 Å². The number of H-pyrrole nitrogens is 1. The number of nitrogens with two attached hydrogens (primary N) is 1. The molecule has 12 heavy (non-hydrogen) atoms. The van der Waals surface area contributed by atoms with E-state index in [1.54, 1.807) is 6.20 Å². The van der Waals surface area contributed by atoms with E-state index in [9.17, 15) is 0 Å². The van der Waals surface area contributed by atoms with E-state index < -0.39 is 0 Å². The molecule has 0 atom stereocenters. The van der Waals surface area contributed by atoms with Gasteiger partial charge in [0.1, 0.15) is 5.82 Å². The molecule has 0 spiro atoms. The smallest absolute Gasteiger partial charge is 0.151 e. The van der Waals surface area contributed by atoms with Gasteiger partial charge < -0.3 is 10.7 Å². The van der Waals surface area contributed by atoms with E-state index in [2.05, 4.69) is 9.97 Å². The highest BCUT2D eigenvalue weighted by Gasteiger charge is 1.95. The first-order valence-electron chi connectivity index (χ1n) is 3.74. The molecule has 4 nitrogen and oxygen atoms in total. The maximum absolute atomic E-state index is 6.96. The molecule has 0 aliphatic heterocycles. The lowest BCUT2D eigenvalue weighted by Gasteiger charge is -1.96. The summed E-state index contributed by atoms with van der Waals surface area (Å²) < 4.78 is 0. The minimum atomic E-state index is 0.189. The molecule has 0 saturated heterocycles. The molecule has 1 aromatic rings. The number of imidazole rings is 1. The molecule has 0 aliphatic rings. The van der Waals surface area contributed by atoms with E-state index >= 15 is 0 Å². The summed E-state index contributed by atoms with van der Waals surface area (Å²) in [6.07, 6.45) is 5.48. The third-order valence-electron chi connectivity index (χ3n) is 1.37. The SMILES string of the molecule is N=C(N)SCCCc1ncc[nH]1. The largest absolute Gasteiger partial charge is 0.379 e. The number of amidine groups is 1. The van der Waals surface area contributed by atoms with Crippen molar-refractivity contribution in [1.82, 2.24) is 9.97 Å². The van der Waals surface area contributed by atoms with Crippen molar-refractivity contribution in [3.05, 3.63) is 18.2 Å². The minimum Gasteiger partial charge on any atom is -0.379 e. The zero-order valence-electron chi connectivity index (χ0n) is 6.71. The van der Waals surface area contributed by atoms with Gasteiger partial charge in [0.05, 0.1) is 0 Å². The van der Waals surface area contributed by atoms with E-state index in [-0.39, 0.29) is 5.17 Å². The first kappa shape index (κ1) is 9.12. The molecular formula is C7H12N4S. The molecule has 66 valence electrons. The first-order valence-corrected chi connectivity index (χ1v) is 4.72. The fraction of sp³-hybridized carbons (Fsp3) is 0.429. The summed E-state index contributed by atoms with van der Waals surface area (Å²) in [4.78, 5) is 7.10. The third-order valence-corrected chi connectivity index (χ3v) is 2.17. The van der Waals surface area contributed by atoms with Crippen molar-refractivity contribution in [3.8, 4) is 0 Å². The third kappa shape index (κ3) is 3.43. The van der Waals surface area contributed by atoms with Gasteiger partial charge in [0.2, 0.25) is 0 Å². The molecule has 4 N–H and O–H groups in total. The number of nitrogens with one attached hydrogen (secondary N) is 2. The monoisotopic (exact) mass is 184 g/mol. The first-order chi connectivity index (χ1) is 5.79. The molecule has 1 rings (SSSR count). The molecule has 0 saturated carbocycles. The maximum atomic E-state index is 6.96. The Morgan fingerprint density at radius 3 is 3.17 bits per heavy atom. The molecule has 5 heteroatoms. The molecule has 1 aromatic heterocycles. The average molecular weight is 184 g/mol. The summed E-state index contributed by atoms with van der Waals surface area (Å²) in [5, 5.41) is 7.15. The van der Waals surface area contributed by atoms with Gasteiger partial charge in [-0.25, -0.2) is 4.98 Å². The van der Waals surface area contributed by atoms with Crippen molar-refractivity contribution >= 4 is 16.9 Å². The van der Waals surface area contributed by atoms with E-state index in [1.165, 1.54) is 11.8 Å². The molecule has 0 aliphatic carbocycles. The summed E-state index contributed by atoms with van der Waals surface area (Å²) in [6, 6.07) is 0. The van der Waals surface area contributed by atoms with E-state index in [0.29, 0.717) is 0 Å². The topological polar surface area (TPSA) is 78.6 Å². The highest BCUT2D eigenvalue weighted by Crippen LogP contribution is 2.03. The van der Waals surface area contributed by atoms with Gasteiger partial charge in [0.15, 0.2) is 5.17 Å². The summed E-state index contributed by atoms with van der Waals surface area (Å²) in [6.45, 7) is 0. The highest BCUT2D eigenvalue weighted by molar-refractivity contribution is 8.13. The quantitative estimate of drug-likeness (QED) is 0.370. The van der Waals surface area contributed by atoms with Gasteiger partial charge in [-0.05, 0) is 6.42 Å². The Morgan fingerprint density at radius 2 is 2.58 bits per heavy atom. The van der Waals surface area contributed by atoms with Crippen molar-refractivity contribution in [2.75, 3.05) is 5.75 Å². The lowest BCUT2D eigenvalue weighted by atomic mass is 10.3. The number of aromatic amines is 1. The molecule has 0 amide bonds. The second-order valence-electron chi connectivity index (χ2n) is 2.35. The van der Waals surface area contributed by atoms with Crippen LogP contribution in [0.15, 0.2) is 12.4 Å². The predicted molar refractivity (Wildman–Crippen MR) is 51.3 cm³/mol. The van der Waals surface area contributed by atoms with Crippen molar-refractivity contribution in [1.29, 1.82) is 5.41 Å². The predicted octanol–water partition coefficient (Wildman–Crippen LogP) is 0.969. The minimum absolute atomic E-state index is 0.189. The molecule has 0 aromatic carbocycles. The number of thioether (sulfide) groups is 1. The van der Waals surface area contributed by atoms with E-state index in [1.807, 2.05) is 6.20 Å². The van der Waals surface area contributed by atoms with Crippen molar-refractivity contribution in [3.63, 3.8) is 0 Å². The van der Waals surface area contributed by atoms with Crippen LogP contribution in [0.4, 0.5) is 0 Å². The second-order valence-corrected chi connectivity index (χ2v) is 3.49. The van der Waals surface area contributed by atoms with Gasteiger partial charge in [-0.3, -0.25) is 5.41 Å². The van der Waals surface area contributed by atoms with Gasteiger partial charge in [0.25, 0.3) is 0 Å². The van der Waals surface area contributed by atoms with Crippen LogP contribution in [0.25, 0.3) is 0 Å². The summed E-state index contributed by atoms with van der Waals surface area (Å²) in [5.41, 5.74) is 5.17. The molecule has 0 fully saturated rings. The molecule has 1 heterocycles. The highest BCUT2D eigenvalue weighted by atomic mass is 32.2. The van der Waals surface area contributed by atoms with Crippen LogP contribution in [0, 0.1) is 5.41 Å². The van der Waals surface area contributed by atoms with Crippen LogP contribution in [0.3, 0.4) is 0 Å². The van der Waals surface area contributed by atoms with Gasteiger partial charge >= 0.3 is 0 Å². The second kappa shape index (κ2) is 4.82. The Hall–Kier alpha value is -0.970. The molecule has 0 unspecified atom stereocenters. The average Bonchev–Trinajstić information content (AvgIpc) is 2.49. The number of aryl methyl sites for hydroxylation is 1. The molecular weight excluding hydrogens is 172 g/mol. The number of hydrogen-bond donors (Lipinski definition) is 3. The summed E-state index contributed by atoms with van der Waals surface area (Å²) in [7, 11) is 0. The zero-order chi connectivity index (χ0) is 8.81. The molecule has 0 radical (unpaired) electrons. The Morgan fingerprint density at radius 1 is 1.75 bits per heavy atom. The van der Waals surface area contributed by atoms with Crippen LogP contribution in [0.1, 0.15) is 12.2 Å². The van der Waals surface area contributed by atoms with Crippen LogP contribution in [-0.4, -0.2) is 20.9 Å². The van der Waals surface area contributed by atoms with Gasteiger partial charge in [-0.1, -0.05) is 11.8 Å². The van der Waals surface area contributed by atoms with Gasteiger partial charge in [-0.2, -0.15) is 0 Å². The van der Waals surface area contributed by atoms with Crippen LogP contribution < -0.4 is 5.73 Å². The summed E-state index contributed by atoms with van der Waals surface area (Å²) >= 11 is 1.37. The Kier molecular flexibility index (Phi) is 3.66. The Labute approximate surface area is 75.5 Å². The number of nitrogens with zero attached hydrogens (tertiary/aromatic N) is 1. The summed E-state index contributed by atoms with van der Waals surface area (Å²) in [5.74, 6) is 1.88. The van der Waals surface area contributed by atoms with Gasteiger partial charge in [0, 0.05) is 24.6 Å². The van der Waals surface area contributed by atoms with Crippen LogP contribution in [0.5, 0.6) is 0 Å². The van der Waals surface area contributed by atoms with Crippen molar-refractivity contribution in [2.24, 2.45) is 5.73 Å². The van der Waals surface area contributed by atoms with E-state index in [4.69, 9.17) is 11.1 Å². The fourth-order valence-electron chi connectivity index (χ4n) is 0.856. The Balaban J connectivity index is 2.07. The number of hydrogen-bond acceptors (Lipinski definition) is 3. The van der Waals surface area contributed by atoms with Crippen molar-refractivity contribution in [2.45, 2.75) is 12.8 Å². The standard InChI is InChI=1S/C7H12N4S/c8-7(9)12-5-1-2-6-10-3-4-11-6/h3-4H,1-2,5H2,(H3,8,9)(H,10,11). The Bertz CT molecular complexity index is 232. The lowest BCUT2D eigenvalue weighted by Crippen LogP contribution is -2.04. The van der Waals surface area contributed by atoms with Crippen LogP contribution in [-0.2, 0) is 6.42 Å². The zero-order valence-corrected chi connectivity index (χ0v) is 7.53. The molecule has 0 bridgehead atoms. The van der Waals surface area contributed by atoms with Gasteiger partial charge in [-0.15, -0.1) is 0 Å². The lowest BCUT2D eigenvalue weighted by molar-refractivity contribution is 0.866.